The van der Waals surface area contributed by atoms with Crippen molar-refractivity contribution in [2.75, 3.05) is 24.6 Å². The Morgan fingerprint density at radius 2 is 1.89 bits per heavy atom. The van der Waals surface area contributed by atoms with Crippen LogP contribution < -0.4 is 4.90 Å². The number of fused-ring (bicyclic) bond motifs is 1. The fourth-order valence-corrected chi connectivity index (χ4v) is 4.83. The van der Waals surface area contributed by atoms with Crippen molar-refractivity contribution in [2.45, 2.75) is 26.3 Å². The van der Waals surface area contributed by atoms with Gasteiger partial charge in [-0.05, 0) is 43.3 Å². The van der Waals surface area contributed by atoms with E-state index < -0.39 is 11.9 Å². The predicted molar refractivity (Wildman–Crippen MR) is 131 cm³/mol. The van der Waals surface area contributed by atoms with Crippen LogP contribution in [0.1, 0.15) is 35.0 Å². The van der Waals surface area contributed by atoms with Gasteiger partial charge in [0.1, 0.15) is 0 Å². The van der Waals surface area contributed by atoms with E-state index in [0.29, 0.717) is 48.9 Å². The van der Waals surface area contributed by atoms with Gasteiger partial charge in [0.15, 0.2) is 0 Å². The molecule has 8 nitrogen and oxygen atoms in total. The monoisotopic (exact) mass is 492 g/mol. The molecule has 1 unspecified atom stereocenters. The smallest absolute Gasteiger partial charge is 0.338 e. The van der Waals surface area contributed by atoms with E-state index in [1.807, 2.05) is 29.2 Å². The number of hydrogen-bond acceptors (Lipinski definition) is 5. The first kappa shape index (κ1) is 23.1. The van der Waals surface area contributed by atoms with Gasteiger partial charge in [0.05, 0.1) is 23.8 Å². The van der Waals surface area contributed by atoms with E-state index in [-0.39, 0.29) is 18.2 Å². The number of nitrogens with zero attached hydrogens (tertiary/aromatic N) is 3. The Morgan fingerprint density at radius 1 is 1.14 bits per heavy atom. The Kier molecular flexibility index (Phi) is 6.30. The molecule has 1 aromatic heterocycles. The third kappa shape index (κ3) is 4.53. The second-order valence-corrected chi connectivity index (χ2v) is 9.16. The molecule has 0 spiro atoms. The number of halogens is 1. The number of carbonyl (C=O) groups excluding carboxylic acids is 3. The van der Waals surface area contributed by atoms with Crippen molar-refractivity contribution in [3.63, 3.8) is 0 Å². The fraction of sp³-hybridized carbons (Fsp3) is 0.308. The summed E-state index contributed by atoms with van der Waals surface area (Å²) in [6.07, 6.45) is 0.846. The molecule has 1 atom stereocenters. The van der Waals surface area contributed by atoms with Gasteiger partial charge in [0.25, 0.3) is 0 Å². The Labute approximate surface area is 207 Å². The number of ether oxygens (including phenoxy) is 1. The van der Waals surface area contributed by atoms with Crippen molar-refractivity contribution >= 4 is 35.1 Å². The van der Waals surface area contributed by atoms with E-state index in [2.05, 4.69) is 10.2 Å². The molecule has 0 radical (unpaired) electrons. The van der Waals surface area contributed by atoms with E-state index in [1.165, 1.54) is 0 Å². The molecule has 9 heteroatoms. The maximum atomic E-state index is 13.4. The second kappa shape index (κ2) is 9.54. The average molecular weight is 493 g/mol. The zero-order valence-corrected chi connectivity index (χ0v) is 20.0. The van der Waals surface area contributed by atoms with Crippen molar-refractivity contribution in [3.8, 4) is 11.3 Å². The molecule has 1 fully saturated rings. The van der Waals surface area contributed by atoms with Crippen LogP contribution in [0.25, 0.3) is 11.3 Å². The SMILES string of the molecule is CCOC(=O)c1ccc(N2CC(C(=O)N3CCc4[nH]nc(-c5ccc(Cl)cc5)c4C3)CC2=O)cc1. The Balaban J connectivity index is 1.28. The third-order valence-electron chi connectivity index (χ3n) is 6.53. The normalized spacial score (nSPS) is 17.4. The molecule has 1 saturated heterocycles. The van der Waals surface area contributed by atoms with Crippen molar-refractivity contribution < 1.29 is 19.1 Å². The maximum absolute atomic E-state index is 13.4. The van der Waals surface area contributed by atoms with Crippen molar-refractivity contribution in [2.24, 2.45) is 5.92 Å². The first-order valence-corrected chi connectivity index (χ1v) is 12.0. The number of aromatic amines is 1. The largest absolute Gasteiger partial charge is 0.462 e. The number of carbonyl (C=O) groups is 3. The molecule has 3 aromatic rings. The molecule has 3 heterocycles. The molecule has 0 saturated carbocycles. The number of anilines is 1. The topological polar surface area (TPSA) is 95.6 Å². The number of aromatic nitrogens is 2. The van der Waals surface area contributed by atoms with Crippen molar-refractivity contribution in [1.29, 1.82) is 0 Å². The average Bonchev–Trinajstić information content (AvgIpc) is 3.47. The summed E-state index contributed by atoms with van der Waals surface area (Å²) in [4.78, 5) is 41.5. The molecule has 0 aliphatic carbocycles. The highest BCUT2D eigenvalue weighted by Gasteiger charge is 2.38. The number of hydrogen-bond donors (Lipinski definition) is 1. The second-order valence-electron chi connectivity index (χ2n) is 8.72. The Morgan fingerprint density at radius 3 is 2.60 bits per heavy atom. The van der Waals surface area contributed by atoms with Crippen LogP contribution in [0.2, 0.25) is 5.02 Å². The van der Waals surface area contributed by atoms with Gasteiger partial charge in [-0.15, -0.1) is 0 Å². The highest BCUT2D eigenvalue weighted by molar-refractivity contribution is 6.30. The number of H-pyrrole nitrogens is 1. The summed E-state index contributed by atoms with van der Waals surface area (Å²) in [5.74, 6) is -0.950. The van der Waals surface area contributed by atoms with E-state index in [1.54, 1.807) is 36.1 Å². The van der Waals surface area contributed by atoms with Crippen LogP contribution in [0, 0.1) is 5.92 Å². The molecule has 2 aliphatic rings. The van der Waals surface area contributed by atoms with Crippen LogP contribution in [0.3, 0.4) is 0 Å². The minimum Gasteiger partial charge on any atom is -0.462 e. The summed E-state index contributed by atoms with van der Waals surface area (Å²) in [6.45, 7) is 3.39. The lowest BCUT2D eigenvalue weighted by Crippen LogP contribution is -2.40. The number of nitrogens with one attached hydrogen (secondary N) is 1. The maximum Gasteiger partial charge on any atom is 0.338 e. The van der Waals surface area contributed by atoms with Gasteiger partial charge in [-0.1, -0.05) is 23.7 Å². The predicted octanol–water partition coefficient (Wildman–Crippen LogP) is 3.84. The van der Waals surface area contributed by atoms with Crippen molar-refractivity contribution in [3.05, 3.63) is 70.4 Å². The summed E-state index contributed by atoms with van der Waals surface area (Å²) in [5.41, 5.74) is 4.89. The van der Waals surface area contributed by atoms with Crippen LogP contribution in [0.5, 0.6) is 0 Å². The van der Waals surface area contributed by atoms with Gasteiger partial charge < -0.3 is 14.5 Å². The number of amides is 2. The molecule has 0 bridgehead atoms. The van der Waals surface area contributed by atoms with Gasteiger partial charge in [-0.3, -0.25) is 14.7 Å². The van der Waals surface area contributed by atoms with Crippen LogP contribution >= 0.6 is 11.6 Å². The van der Waals surface area contributed by atoms with Gasteiger partial charge in [0, 0.05) is 60.0 Å². The molecule has 180 valence electrons. The van der Waals surface area contributed by atoms with Gasteiger partial charge >= 0.3 is 5.97 Å². The lowest BCUT2D eigenvalue weighted by atomic mass is 9.99. The Hall–Kier alpha value is -3.65. The quantitative estimate of drug-likeness (QED) is 0.546. The van der Waals surface area contributed by atoms with Gasteiger partial charge in [-0.2, -0.15) is 5.10 Å². The number of esters is 1. The van der Waals surface area contributed by atoms with E-state index in [9.17, 15) is 14.4 Å². The van der Waals surface area contributed by atoms with Crippen LogP contribution in [0.4, 0.5) is 5.69 Å². The fourth-order valence-electron chi connectivity index (χ4n) is 4.70. The van der Waals surface area contributed by atoms with Crippen molar-refractivity contribution in [1.82, 2.24) is 15.1 Å². The van der Waals surface area contributed by atoms with Crippen LogP contribution in [0.15, 0.2) is 48.5 Å². The number of rotatable bonds is 5. The highest BCUT2D eigenvalue weighted by atomic mass is 35.5. The van der Waals surface area contributed by atoms with Crippen LogP contribution in [-0.4, -0.2) is 52.6 Å². The zero-order valence-electron chi connectivity index (χ0n) is 19.3. The standard InChI is InChI=1S/C26H25ClN4O4/c1-2-35-26(34)17-5-9-20(10-6-17)31-14-18(13-23(31)32)25(33)30-12-11-22-21(15-30)24(29-28-22)16-3-7-19(27)8-4-16/h3-10,18H,2,11-15H2,1H3,(H,28,29). The lowest BCUT2D eigenvalue weighted by molar-refractivity contribution is -0.136. The van der Waals surface area contributed by atoms with Crippen LogP contribution in [-0.2, 0) is 27.3 Å². The minimum atomic E-state index is -0.417. The molecular formula is C26H25ClN4O4. The van der Waals surface area contributed by atoms with E-state index in [4.69, 9.17) is 16.3 Å². The number of benzene rings is 2. The Bertz CT molecular complexity index is 1270. The molecule has 1 N–H and O–H groups in total. The molecule has 2 aliphatic heterocycles. The summed E-state index contributed by atoms with van der Waals surface area (Å²) >= 11 is 6.02. The summed E-state index contributed by atoms with van der Waals surface area (Å²) in [7, 11) is 0. The summed E-state index contributed by atoms with van der Waals surface area (Å²) in [5, 5.41) is 8.24. The first-order chi connectivity index (χ1) is 16.9. The van der Waals surface area contributed by atoms with E-state index in [0.717, 1.165) is 22.5 Å². The minimum absolute atomic E-state index is 0.0297. The molecular weight excluding hydrogens is 468 g/mol. The van der Waals surface area contributed by atoms with Gasteiger partial charge in [-0.25, -0.2) is 4.79 Å². The third-order valence-corrected chi connectivity index (χ3v) is 6.78. The zero-order chi connectivity index (χ0) is 24.5. The molecule has 2 aromatic carbocycles. The van der Waals surface area contributed by atoms with E-state index >= 15 is 0 Å². The summed E-state index contributed by atoms with van der Waals surface area (Å²) < 4.78 is 5.01. The molecule has 5 rings (SSSR count). The molecule has 35 heavy (non-hydrogen) atoms. The summed E-state index contributed by atoms with van der Waals surface area (Å²) in [6, 6.07) is 14.2. The van der Waals surface area contributed by atoms with Gasteiger partial charge in [0.2, 0.25) is 11.8 Å². The molecule has 2 amide bonds. The first-order valence-electron chi connectivity index (χ1n) is 11.6. The lowest BCUT2D eigenvalue weighted by Gasteiger charge is -2.29. The highest BCUT2D eigenvalue weighted by Crippen LogP contribution is 2.32.